The number of nitrogen functional groups attached to an aromatic ring is 1. The van der Waals surface area contributed by atoms with Gasteiger partial charge < -0.3 is 10.6 Å². The lowest BCUT2D eigenvalue weighted by Crippen LogP contribution is -2.21. The summed E-state index contributed by atoms with van der Waals surface area (Å²) in [5.74, 6) is 0. The quantitative estimate of drug-likeness (QED) is 0.515. The molecule has 2 rings (SSSR count). The highest BCUT2D eigenvalue weighted by Crippen LogP contribution is 2.24. The highest BCUT2D eigenvalue weighted by Gasteiger charge is 2.12. The van der Waals surface area contributed by atoms with E-state index in [1.807, 2.05) is 30.3 Å². The van der Waals surface area contributed by atoms with E-state index in [1.54, 1.807) is 12.1 Å². The molecular weight excluding hydrogens is 254 g/mol. The zero-order valence-electron chi connectivity index (χ0n) is 11.3. The van der Waals surface area contributed by atoms with Gasteiger partial charge in [-0.2, -0.15) is 0 Å². The molecule has 0 saturated carbocycles. The lowest BCUT2D eigenvalue weighted by atomic mass is 10.1. The number of nitro groups is 1. The van der Waals surface area contributed by atoms with E-state index in [1.165, 1.54) is 6.07 Å². The third kappa shape index (κ3) is 3.06. The summed E-state index contributed by atoms with van der Waals surface area (Å²) in [5, 5.41) is 10.7. The van der Waals surface area contributed by atoms with Gasteiger partial charge in [-0.15, -0.1) is 0 Å². The monoisotopic (exact) mass is 271 g/mol. The van der Waals surface area contributed by atoms with Crippen LogP contribution in [0.3, 0.4) is 0 Å². The number of nitrogens with two attached hydrogens (primary N) is 1. The van der Waals surface area contributed by atoms with E-state index in [0.29, 0.717) is 6.54 Å². The van der Waals surface area contributed by atoms with Crippen LogP contribution < -0.4 is 10.6 Å². The Labute approximate surface area is 117 Å². The van der Waals surface area contributed by atoms with Crippen molar-refractivity contribution in [3.63, 3.8) is 0 Å². The van der Waals surface area contributed by atoms with Crippen LogP contribution in [0, 0.1) is 10.1 Å². The van der Waals surface area contributed by atoms with Crippen LogP contribution in [0.1, 0.15) is 12.5 Å². The zero-order chi connectivity index (χ0) is 14.5. The Bertz CT molecular complexity index is 599. The molecule has 0 aliphatic heterocycles. The van der Waals surface area contributed by atoms with E-state index < -0.39 is 4.92 Å². The largest absolute Gasteiger partial charge is 0.393 e. The Balaban J connectivity index is 2.20. The Morgan fingerprint density at radius 2 is 1.90 bits per heavy atom. The van der Waals surface area contributed by atoms with Crippen LogP contribution in [0.2, 0.25) is 0 Å². The summed E-state index contributed by atoms with van der Waals surface area (Å²) >= 11 is 0. The average Bonchev–Trinajstić information content (AvgIpc) is 2.45. The molecule has 0 aromatic heterocycles. The van der Waals surface area contributed by atoms with E-state index >= 15 is 0 Å². The Kier molecular flexibility index (Phi) is 4.20. The third-order valence-electron chi connectivity index (χ3n) is 3.17. The van der Waals surface area contributed by atoms with E-state index in [0.717, 1.165) is 17.8 Å². The average molecular weight is 271 g/mol. The summed E-state index contributed by atoms with van der Waals surface area (Å²) in [6.45, 7) is 3.59. The van der Waals surface area contributed by atoms with Crippen LogP contribution in [0.4, 0.5) is 17.1 Å². The van der Waals surface area contributed by atoms with Crippen molar-refractivity contribution < 1.29 is 4.92 Å². The number of benzene rings is 2. The molecule has 0 bridgehead atoms. The topological polar surface area (TPSA) is 72.4 Å². The van der Waals surface area contributed by atoms with E-state index in [-0.39, 0.29) is 11.4 Å². The van der Waals surface area contributed by atoms with Crippen LogP contribution in [-0.2, 0) is 6.54 Å². The second-order valence-corrected chi connectivity index (χ2v) is 4.50. The smallest absolute Gasteiger partial charge is 0.292 e. The maximum Gasteiger partial charge on any atom is 0.292 e. The molecule has 0 fully saturated rings. The van der Waals surface area contributed by atoms with E-state index in [4.69, 9.17) is 5.73 Å². The highest BCUT2D eigenvalue weighted by molar-refractivity contribution is 5.60. The van der Waals surface area contributed by atoms with Crippen molar-refractivity contribution in [3.8, 4) is 0 Å². The minimum absolute atomic E-state index is 0.0449. The van der Waals surface area contributed by atoms with Crippen LogP contribution in [-0.4, -0.2) is 11.5 Å². The number of hydrogen-bond acceptors (Lipinski definition) is 4. The molecule has 0 heterocycles. The summed E-state index contributed by atoms with van der Waals surface area (Å²) in [6.07, 6.45) is 0. The molecule has 0 saturated heterocycles. The van der Waals surface area contributed by atoms with Gasteiger partial charge in [0.1, 0.15) is 5.69 Å². The van der Waals surface area contributed by atoms with Gasteiger partial charge in [0, 0.05) is 24.8 Å². The van der Waals surface area contributed by atoms with E-state index in [2.05, 4.69) is 11.8 Å². The third-order valence-corrected chi connectivity index (χ3v) is 3.17. The van der Waals surface area contributed by atoms with Gasteiger partial charge in [-0.1, -0.05) is 24.3 Å². The maximum atomic E-state index is 10.7. The molecule has 0 aliphatic carbocycles. The highest BCUT2D eigenvalue weighted by atomic mass is 16.6. The predicted octanol–water partition coefficient (Wildman–Crippen LogP) is 3.20. The lowest BCUT2D eigenvalue weighted by Gasteiger charge is -2.23. The maximum absolute atomic E-state index is 10.7. The summed E-state index contributed by atoms with van der Waals surface area (Å²) in [4.78, 5) is 12.5. The van der Waals surface area contributed by atoms with Crippen molar-refractivity contribution in [2.24, 2.45) is 0 Å². The number of nitrogens with zero attached hydrogens (tertiary/aromatic N) is 2. The number of para-hydroxylation sites is 1. The molecular formula is C15H17N3O2. The second kappa shape index (κ2) is 6.06. The van der Waals surface area contributed by atoms with Gasteiger partial charge in [0.05, 0.1) is 4.92 Å². The molecule has 0 aliphatic rings. The summed E-state index contributed by atoms with van der Waals surface area (Å²) in [6, 6.07) is 14.9. The van der Waals surface area contributed by atoms with E-state index in [9.17, 15) is 10.1 Å². The zero-order valence-corrected chi connectivity index (χ0v) is 11.3. The Morgan fingerprint density at radius 3 is 2.45 bits per heavy atom. The van der Waals surface area contributed by atoms with Gasteiger partial charge in [-0.05, 0) is 30.7 Å². The van der Waals surface area contributed by atoms with Gasteiger partial charge >= 0.3 is 0 Å². The molecule has 0 unspecified atom stereocenters. The normalized spacial score (nSPS) is 10.2. The molecule has 0 amide bonds. The number of anilines is 2. The van der Waals surface area contributed by atoms with Crippen molar-refractivity contribution in [3.05, 3.63) is 64.2 Å². The molecule has 0 spiro atoms. The standard InChI is InChI=1S/C15H17N3O2/c1-2-17(13-6-4-3-5-7-13)11-12-8-9-15(18(19)20)14(16)10-12/h3-10H,2,11,16H2,1H3. The van der Waals surface area contributed by atoms with Crippen LogP contribution in [0.25, 0.3) is 0 Å². The molecule has 5 nitrogen and oxygen atoms in total. The van der Waals surface area contributed by atoms with Crippen LogP contribution in [0.5, 0.6) is 0 Å². The number of hydrogen-bond donors (Lipinski definition) is 1. The van der Waals surface area contributed by atoms with Crippen molar-refractivity contribution in [1.29, 1.82) is 0 Å². The molecule has 2 N–H and O–H groups in total. The van der Waals surface area contributed by atoms with Crippen LogP contribution in [0.15, 0.2) is 48.5 Å². The fraction of sp³-hybridized carbons (Fsp3) is 0.200. The van der Waals surface area contributed by atoms with Crippen LogP contribution >= 0.6 is 0 Å². The second-order valence-electron chi connectivity index (χ2n) is 4.50. The first-order valence-electron chi connectivity index (χ1n) is 6.44. The van der Waals surface area contributed by atoms with Crippen molar-refractivity contribution in [2.75, 3.05) is 17.2 Å². The van der Waals surface area contributed by atoms with Crippen molar-refractivity contribution in [1.82, 2.24) is 0 Å². The van der Waals surface area contributed by atoms with Gasteiger partial charge in [0.2, 0.25) is 0 Å². The molecule has 0 atom stereocenters. The Morgan fingerprint density at radius 1 is 1.20 bits per heavy atom. The minimum atomic E-state index is -0.464. The summed E-state index contributed by atoms with van der Waals surface area (Å²) in [5.41, 5.74) is 7.95. The van der Waals surface area contributed by atoms with Gasteiger partial charge in [0.25, 0.3) is 5.69 Å². The predicted molar refractivity (Wildman–Crippen MR) is 80.7 cm³/mol. The first kappa shape index (κ1) is 13.9. The van der Waals surface area contributed by atoms with Gasteiger partial charge in [-0.25, -0.2) is 0 Å². The van der Waals surface area contributed by atoms with Gasteiger partial charge in [0.15, 0.2) is 0 Å². The molecule has 5 heteroatoms. The first-order chi connectivity index (χ1) is 9.61. The molecule has 2 aromatic carbocycles. The Hall–Kier alpha value is -2.56. The number of nitro benzene ring substituents is 1. The summed E-state index contributed by atoms with van der Waals surface area (Å²) < 4.78 is 0. The molecule has 0 radical (unpaired) electrons. The van der Waals surface area contributed by atoms with Gasteiger partial charge in [-0.3, -0.25) is 10.1 Å². The van der Waals surface area contributed by atoms with Crippen molar-refractivity contribution in [2.45, 2.75) is 13.5 Å². The fourth-order valence-electron chi connectivity index (χ4n) is 2.11. The molecule has 104 valence electrons. The number of rotatable bonds is 5. The first-order valence-corrected chi connectivity index (χ1v) is 6.44. The SMILES string of the molecule is CCN(Cc1ccc([N+](=O)[O-])c(N)c1)c1ccccc1. The molecule has 20 heavy (non-hydrogen) atoms. The summed E-state index contributed by atoms with van der Waals surface area (Å²) in [7, 11) is 0. The molecule has 2 aromatic rings. The lowest BCUT2D eigenvalue weighted by molar-refractivity contribution is -0.383. The minimum Gasteiger partial charge on any atom is -0.393 e. The van der Waals surface area contributed by atoms with Crippen molar-refractivity contribution >= 4 is 17.1 Å². The fourth-order valence-corrected chi connectivity index (χ4v) is 2.11.